The van der Waals surface area contributed by atoms with E-state index in [2.05, 4.69) is 28.2 Å². The molecule has 0 unspecified atom stereocenters. The number of benzene rings is 2. The van der Waals surface area contributed by atoms with Crippen molar-refractivity contribution in [3.8, 4) is 11.5 Å². The molecule has 2 nitrogen and oxygen atoms in total. The van der Waals surface area contributed by atoms with Crippen molar-refractivity contribution in [1.29, 1.82) is 0 Å². The topological polar surface area (TPSA) is 21.3 Å². The summed E-state index contributed by atoms with van der Waals surface area (Å²) in [7, 11) is 0. The molecule has 0 heterocycles. The van der Waals surface area contributed by atoms with Gasteiger partial charge >= 0.3 is 0 Å². The summed E-state index contributed by atoms with van der Waals surface area (Å²) in [6.07, 6.45) is 0. The first kappa shape index (κ1) is 15.3. The van der Waals surface area contributed by atoms with E-state index in [4.69, 9.17) is 16.3 Å². The lowest BCUT2D eigenvalue weighted by Gasteiger charge is -2.10. The predicted octanol–water partition coefficient (Wildman–Crippen LogP) is 5.14. The molecule has 5 heteroatoms. The number of nitrogens with one attached hydrogen (secondary N) is 1. The number of halogens is 3. The Morgan fingerprint density at radius 2 is 2.05 bits per heavy atom. The monoisotopic (exact) mass is 357 g/mol. The fourth-order valence-electron chi connectivity index (χ4n) is 1.67. The van der Waals surface area contributed by atoms with Crippen LogP contribution in [0, 0.1) is 5.82 Å². The van der Waals surface area contributed by atoms with E-state index in [-0.39, 0.29) is 5.02 Å². The van der Waals surface area contributed by atoms with Gasteiger partial charge in [-0.2, -0.15) is 0 Å². The van der Waals surface area contributed by atoms with E-state index < -0.39 is 5.82 Å². The Kier molecular flexibility index (Phi) is 5.40. The van der Waals surface area contributed by atoms with E-state index in [0.717, 1.165) is 23.1 Å². The van der Waals surface area contributed by atoms with Gasteiger partial charge in [-0.05, 0) is 52.3 Å². The Morgan fingerprint density at radius 1 is 1.25 bits per heavy atom. The molecule has 0 aliphatic rings. The van der Waals surface area contributed by atoms with Gasteiger partial charge in [0, 0.05) is 12.6 Å². The second-order valence-electron chi connectivity index (χ2n) is 4.22. The third-order valence-electron chi connectivity index (χ3n) is 2.69. The Morgan fingerprint density at radius 3 is 2.70 bits per heavy atom. The van der Waals surface area contributed by atoms with Crippen molar-refractivity contribution >= 4 is 27.5 Å². The van der Waals surface area contributed by atoms with Crippen LogP contribution in [0.25, 0.3) is 0 Å². The normalized spacial score (nSPS) is 10.6. The molecule has 0 bridgehead atoms. The van der Waals surface area contributed by atoms with E-state index in [1.807, 2.05) is 18.2 Å². The Hall–Kier alpha value is -1.10. The third kappa shape index (κ3) is 3.95. The molecule has 0 aliphatic carbocycles. The van der Waals surface area contributed by atoms with Crippen molar-refractivity contribution in [2.24, 2.45) is 0 Å². The highest BCUT2D eigenvalue weighted by Gasteiger charge is 2.06. The standard InChI is InChI=1S/C15H14BrClFNO/c1-2-19-9-10-3-6-15(12(16)7-10)20-11-4-5-14(18)13(17)8-11/h3-8,19H,2,9H2,1H3. The van der Waals surface area contributed by atoms with E-state index in [0.29, 0.717) is 11.5 Å². The maximum absolute atomic E-state index is 13.1. The van der Waals surface area contributed by atoms with Gasteiger partial charge in [0.05, 0.1) is 9.50 Å². The molecule has 0 saturated carbocycles. The first-order chi connectivity index (χ1) is 9.60. The molecule has 0 amide bonds. The Labute approximate surface area is 131 Å². The van der Waals surface area contributed by atoms with Crippen LogP contribution in [0.2, 0.25) is 5.02 Å². The van der Waals surface area contributed by atoms with E-state index in [9.17, 15) is 4.39 Å². The van der Waals surface area contributed by atoms with Gasteiger partial charge < -0.3 is 10.1 Å². The smallest absolute Gasteiger partial charge is 0.142 e. The lowest BCUT2D eigenvalue weighted by atomic mass is 10.2. The minimum Gasteiger partial charge on any atom is -0.456 e. The summed E-state index contributed by atoms with van der Waals surface area (Å²) >= 11 is 9.20. The SMILES string of the molecule is CCNCc1ccc(Oc2ccc(F)c(Cl)c2)c(Br)c1. The number of rotatable bonds is 5. The van der Waals surface area contributed by atoms with Crippen molar-refractivity contribution in [3.05, 3.63) is 57.3 Å². The summed E-state index contributed by atoms with van der Waals surface area (Å²) in [5.41, 5.74) is 1.16. The van der Waals surface area contributed by atoms with Gasteiger partial charge in [-0.1, -0.05) is 24.6 Å². The summed E-state index contributed by atoms with van der Waals surface area (Å²) in [5.74, 6) is 0.698. The molecule has 2 aromatic carbocycles. The largest absolute Gasteiger partial charge is 0.456 e. The minimum absolute atomic E-state index is 0.0439. The van der Waals surface area contributed by atoms with Gasteiger partial charge in [-0.3, -0.25) is 0 Å². The van der Waals surface area contributed by atoms with E-state index in [1.54, 1.807) is 6.07 Å². The molecule has 0 spiro atoms. The van der Waals surface area contributed by atoms with Crippen LogP contribution < -0.4 is 10.1 Å². The van der Waals surface area contributed by atoms with Gasteiger partial charge in [0.2, 0.25) is 0 Å². The number of hydrogen-bond donors (Lipinski definition) is 1. The van der Waals surface area contributed by atoms with E-state index >= 15 is 0 Å². The maximum Gasteiger partial charge on any atom is 0.142 e. The van der Waals surface area contributed by atoms with Gasteiger partial charge in [0.1, 0.15) is 17.3 Å². The van der Waals surface area contributed by atoms with Crippen molar-refractivity contribution in [3.63, 3.8) is 0 Å². The summed E-state index contributed by atoms with van der Waals surface area (Å²) in [6.45, 7) is 3.78. The molecular weight excluding hydrogens is 345 g/mol. The lowest BCUT2D eigenvalue weighted by Crippen LogP contribution is -2.11. The molecule has 0 atom stereocenters. The van der Waals surface area contributed by atoms with Gasteiger partial charge in [0.25, 0.3) is 0 Å². The Balaban J connectivity index is 2.14. The second kappa shape index (κ2) is 7.07. The zero-order valence-corrected chi connectivity index (χ0v) is 13.3. The van der Waals surface area contributed by atoms with E-state index in [1.165, 1.54) is 12.1 Å². The van der Waals surface area contributed by atoms with Crippen LogP contribution in [0.15, 0.2) is 40.9 Å². The van der Waals surface area contributed by atoms with Crippen LogP contribution in [-0.2, 0) is 6.54 Å². The quantitative estimate of drug-likeness (QED) is 0.798. The molecule has 2 rings (SSSR count). The lowest BCUT2D eigenvalue weighted by molar-refractivity contribution is 0.477. The average molecular weight is 359 g/mol. The Bertz CT molecular complexity index is 606. The van der Waals surface area contributed by atoms with Crippen molar-refractivity contribution in [2.45, 2.75) is 13.5 Å². The summed E-state index contributed by atoms with van der Waals surface area (Å²) in [4.78, 5) is 0. The van der Waals surface area contributed by atoms with Crippen LogP contribution >= 0.6 is 27.5 Å². The van der Waals surface area contributed by atoms with Crippen LogP contribution in [0.4, 0.5) is 4.39 Å². The molecular formula is C15H14BrClFNO. The summed E-state index contributed by atoms with van der Waals surface area (Å²) in [6, 6.07) is 10.1. The zero-order valence-electron chi connectivity index (χ0n) is 10.9. The average Bonchev–Trinajstić information content (AvgIpc) is 2.43. The molecule has 1 N–H and O–H groups in total. The molecule has 2 aromatic rings. The van der Waals surface area contributed by atoms with Crippen LogP contribution in [0.5, 0.6) is 11.5 Å². The molecule has 0 radical (unpaired) electrons. The zero-order chi connectivity index (χ0) is 14.5. The first-order valence-electron chi connectivity index (χ1n) is 6.22. The number of ether oxygens (including phenoxy) is 1. The predicted molar refractivity (Wildman–Crippen MR) is 83.0 cm³/mol. The highest BCUT2D eigenvalue weighted by molar-refractivity contribution is 9.10. The van der Waals surface area contributed by atoms with Crippen LogP contribution in [0.3, 0.4) is 0 Å². The van der Waals surface area contributed by atoms with Crippen molar-refractivity contribution < 1.29 is 9.13 Å². The minimum atomic E-state index is -0.459. The molecule has 0 aromatic heterocycles. The fourth-order valence-corrected chi connectivity index (χ4v) is 2.35. The second-order valence-corrected chi connectivity index (χ2v) is 5.48. The van der Waals surface area contributed by atoms with Crippen molar-refractivity contribution in [1.82, 2.24) is 5.32 Å². The highest BCUT2D eigenvalue weighted by Crippen LogP contribution is 2.32. The summed E-state index contributed by atoms with van der Waals surface area (Å²) in [5, 5.41) is 3.30. The molecule has 0 aliphatic heterocycles. The fraction of sp³-hybridized carbons (Fsp3) is 0.200. The summed E-state index contributed by atoms with van der Waals surface area (Å²) < 4.78 is 19.6. The molecule has 20 heavy (non-hydrogen) atoms. The number of hydrogen-bond acceptors (Lipinski definition) is 2. The molecule has 106 valence electrons. The molecule has 0 fully saturated rings. The first-order valence-corrected chi connectivity index (χ1v) is 7.39. The van der Waals surface area contributed by atoms with Crippen LogP contribution in [0.1, 0.15) is 12.5 Å². The van der Waals surface area contributed by atoms with Crippen molar-refractivity contribution in [2.75, 3.05) is 6.54 Å². The van der Waals surface area contributed by atoms with Gasteiger partial charge in [-0.25, -0.2) is 4.39 Å². The third-order valence-corrected chi connectivity index (χ3v) is 3.60. The molecule has 0 saturated heterocycles. The van der Waals surface area contributed by atoms with Gasteiger partial charge in [0.15, 0.2) is 0 Å². The van der Waals surface area contributed by atoms with Gasteiger partial charge in [-0.15, -0.1) is 0 Å². The maximum atomic E-state index is 13.1. The highest BCUT2D eigenvalue weighted by atomic mass is 79.9. The van der Waals surface area contributed by atoms with Crippen LogP contribution in [-0.4, -0.2) is 6.54 Å².